The number of Topliss-reactive ketones (excluding diaryl/α,β-unsaturated/α-hetero) is 1. The molecule has 0 atom stereocenters. The fourth-order valence-corrected chi connectivity index (χ4v) is 5.03. The smallest absolute Gasteiger partial charge is 0.266 e. The summed E-state index contributed by atoms with van der Waals surface area (Å²) in [7, 11) is -1.32. The minimum absolute atomic E-state index is 0.0274. The van der Waals surface area contributed by atoms with Crippen molar-refractivity contribution in [1.29, 1.82) is 0 Å². The highest BCUT2D eigenvalue weighted by atomic mass is 32.2. The van der Waals surface area contributed by atoms with Crippen LogP contribution in [0.1, 0.15) is 18.4 Å². The Morgan fingerprint density at radius 1 is 1.14 bits per heavy atom. The van der Waals surface area contributed by atoms with Crippen LogP contribution in [0.25, 0.3) is 11.0 Å². The van der Waals surface area contributed by atoms with Crippen LogP contribution in [0.2, 0.25) is 0 Å². The Morgan fingerprint density at radius 3 is 2.63 bits per heavy atom. The van der Waals surface area contributed by atoms with Crippen LogP contribution < -0.4 is 18.9 Å². The fraction of sp³-hybridized carbons (Fsp3) is 0.261. The summed E-state index contributed by atoms with van der Waals surface area (Å²) in [5, 5.41) is 8.49. The quantitative estimate of drug-likeness (QED) is 0.369. The van der Waals surface area contributed by atoms with Gasteiger partial charge < -0.3 is 18.7 Å². The van der Waals surface area contributed by atoms with E-state index in [0.29, 0.717) is 41.9 Å². The van der Waals surface area contributed by atoms with Gasteiger partial charge >= 0.3 is 0 Å². The second-order valence-corrected chi connectivity index (χ2v) is 9.66. The molecule has 1 saturated carbocycles. The SMILES string of the molecule is COc1ccc(OC2CC(=O)C2)cc1S(=O)(=O)Nc1noc2cc(Cn3cccn3)cc(OC)c12. The van der Waals surface area contributed by atoms with Crippen LogP contribution in [-0.4, -0.2) is 49.5 Å². The molecule has 11 nitrogen and oxygen atoms in total. The van der Waals surface area contributed by atoms with Crippen molar-refractivity contribution in [2.24, 2.45) is 0 Å². The van der Waals surface area contributed by atoms with E-state index in [2.05, 4.69) is 15.0 Å². The second kappa shape index (κ2) is 8.95. The molecule has 0 aliphatic heterocycles. The summed E-state index contributed by atoms with van der Waals surface area (Å²) >= 11 is 0. The summed E-state index contributed by atoms with van der Waals surface area (Å²) in [6.07, 6.45) is 3.85. The highest BCUT2D eigenvalue weighted by Crippen LogP contribution is 2.37. The Labute approximate surface area is 200 Å². The number of carbonyl (C=O) groups is 1. The molecule has 2 aromatic carbocycles. The van der Waals surface area contributed by atoms with E-state index in [1.165, 1.54) is 26.4 Å². The van der Waals surface area contributed by atoms with Crippen molar-refractivity contribution in [3.63, 3.8) is 0 Å². The van der Waals surface area contributed by atoms with E-state index in [-0.39, 0.29) is 28.4 Å². The molecular weight excluding hydrogens is 476 g/mol. The van der Waals surface area contributed by atoms with Gasteiger partial charge in [-0.2, -0.15) is 5.10 Å². The zero-order valence-electron chi connectivity index (χ0n) is 18.9. The normalized spacial score (nSPS) is 14.1. The van der Waals surface area contributed by atoms with Gasteiger partial charge in [0.25, 0.3) is 10.0 Å². The summed E-state index contributed by atoms with van der Waals surface area (Å²) in [6, 6.07) is 9.78. The molecule has 0 bridgehead atoms. The van der Waals surface area contributed by atoms with Crippen molar-refractivity contribution in [2.45, 2.75) is 30.4 Å². The summed E-state index contributed by atoms with van der Waals surface area (Å²) in [5.41, 5.74) is 1.19. The maximum absolute atomic E-state index is 13.3. The number of ketones is 1. The molecule has 0 spiro atoms. The number of methoxy groups -OCH3 is 2. The van der Waals surface area contributed by atoms with Crippen LogP contribution >= 0.6 is 0 Å². The number of ether oxygens (including phenoxy) is 3. The van der Waals surface area contributed by atoms with E-state index in [1.807, 2.05) is 12.3 Å². The number of rotatable bonds is 9. The number of hydrogen-bond donors (Lipinski definition) is 1. The van der Waals surface area contributed by atoms with Gasteiger partial charge in [0, 0.05) is 31.3 Å². The first-order valence-electron chi connectivity index (χ1n) is 10.7. The highest BCUT2D eigenvalue weighted by molar-refractivity contribution is 7.92. The monoisotopic (exact) mass is 498 g/mol. The molecule has 1 fully saturated rings. The third kappa shape index (κ3) is 4.52. The van der Waals surface area contributed by atoms with Gasteiger partial charge in [-0.25, -0.2) is 8.42 Å². The molecule has 1 N–H and O–H groups in total. The van der Waals surface area contributed by atoms with Gasteiger partial charge in [0.05, 0.1) is 20.8 Å². The lowest BCUT2D eigenvalue weighted by atomic mass is 9.94. The Kier molecular flexibility index (Phi) is 5.81. The second-order valence-electron chi connectivity index (χ2n) is 8.01. The predicted molar refractivity (Wildman–Crippen MR) is 124 cm³/mol. The molecule has 2 aromatic heterocycles. The average molecular weight is 499 g/mol. The number of carbonyl (C=O) groups excluding carboxylic acids is 1. The van der Waals surface area contributed by atoms with Gasteiger partial charge in [-0.05, 0) is 35.9 Å². The van der Waals surface area contributed by atoms with Crippen molar-refractivity contribution in [1.82, 2.24) is 14.9 Å². The van der Waals surface area contributed by atoms with E-state index < -0.39 is 10.0 Å². The maximum Gasteiger partial charge on any atom is 0.266 e. The number of hydrogen-bond acceptors (Lipinski definition) is 9. The first kappa shape index (κ1) is 22.7. The molecule has 2 heterocycles. The Bertz CT molecular complexity index is 1490. The lowest BCUT2D eigenvalue weighted by Gasteiger charge is -2.25. The number of benzene rings is 2. The topological polar surface area (TPSA) is 135 Å². The van der Waals surface area contributed by atoms with Crippen LogP contribution in [-0.2, 0) is 21.4 Å². The number of fused-ring (bicyclic) bond motifs is 1. The lowest BCUT2D eigenvalue weighted by Crippen LogP contribution is -2.33. The molecule has 0 amide bonds. The largest absolute Gasteiger partial charge is 0.496 e. The Hall–Kier alpha value is -4.06. The average Bonchev–Trinajstić information content (AvgIpc) is 3.47. The van der Waals surface area contributed by atoms with Crippen LogP contribution in [0.15, 0.2) is 58.2 Å². The fourth-order valence-electron chi connectivity index (χ4n) is 3.84. The zero-order chi connectivity index (χ0) is 24.6. The van der Waals surface area contributed by atoms with Crippen LogP contribution in [0.4, 0.5) is 5.82 Å². The minimum atomic E-state index is -4.17. The number of nitrogens with one attached hydrogen (secondary N) is 1. The molecule has 0 unspecified atom stereocenters. The molecule has 5 rings (SSSR count). The molecule has 182 valence electrons. The molecule has 1 aliphatic carbocycles. The number of nitrogens with zero attached hydrogens (tertiary/aromatic N) is 3. The molecule has 0 radical (unpaired) electrons. The number of aromatic nitrogens is 3. The van der Waals surface area contributed by atoms with Crippen molar-refractivity contribution >= 4 is 32.6 Å². The molecule has 4 aromatic rings. The van der Waals surface area contributed by atoms with E-state index >= 15 is 0 Å². The maximum atomic E-state index is 13.3. The molecule has 1 aliphatic rings. The first-order valence-corrected chi connectivity index (χ1v) is 12.2. The van der Waals surface area contributed by atoms with E-state index in [9.17, 15) is 13.2 Å². The van der Waals surface area contributed by atoms with Gasteiger partial charge in [0.1, 0.15) is 39.4 Å². The zero-order valence-corrected chi connectivity index (χ0v) is 19.7. The summed E-state index contributed by atoms with van der Waals surface area (Å²) < 4.78 is 52.8. The predicted octanol–water partition coefficient (Wildman–Crippen LogP) is 3.00. The first-order chi connectivity index (χ1) is 16.9. The van der Waals surface area contributed by atoms with Crippen LogP contribution in [0.3, 0.4) is 0 Å². The van der Waals surface area contributed by atoms with Gasteiger partial charge in [-0.15, -0.1) is 0 Å². The Morgan fingerprint density at radius 2 is 1.94 bits per heavy atom. The Balaban J connectivity index is 1.46. The van der Waals surface area contributed by atoms with Gasteiger partial charge in [0.2, 0.25) is 0 Å². The molecule has 0 saturated heterocycles. The van der Waals surface area contributed by atoms with Gasteiger partial charge in [0.15, 0.2) is 11.4 Å². The van der Waals surface area contributed by atoms with Gasteiger partial charge in [-0.3, -0.25) is 14.2 Å². The molecule has 35 heavy (non-hydrogen) atoms. The summed E-state index contributed by atoms with van der Waals surface area (Å²) in [6.45, 7) is 0.470. The summed E-state index contributed by atoms with van der Waals surface area (Å²) in [4.78, 5) is 11.1. The van der Waals surface area contributed by atoms with E-state index in [0.717, 1.165) is 5.56 Å². The van der Waals surface area contributed by atoms with Crippen molar-refractivity contribution in [2.75, 3.05) is 18.9 Å². The van der Waals surface area contributed by atoms with Crippen LogP contribution in [0, 0.1) is 0 Å². The number of sulfonamides is 1. The van der Waals surface area contributed by atoms with Gasteiger partial charge in [-0.1, -0.05) is 5.16 Å². The van der Waals surface area contributed by atoms with Crippen molar-refractivity contribution in [3.8, 4) is 17.2 Å². The van der Waals surface area contributed by atoms with Crippen molar-refractivity contribution < 1.29 is 31.9 Å². The highest BCUT2D eigenvalue weighted by Gasteiger charge is 2.30. The third-order valence-electron chi connectivity index (χ3n) is 5.59. The van der Waals surface area contributed by atoms with E-state index in [4.69, 9.17) is 18.7 Å². The minimum Gasteiger partial charge on any atom is -0.496 e. The van der Waals surface area contributed by atoms with Crippen LogP contribution in [0.5, 0.6) is 17.2 Å². The van der Waals surface area contributed by atoms with Crippen molar-refractivity contribution in [3.05, 3.63) is 54.4 Å². The third-order valence-corrected chi connectivity index (χ3v) is 6.95. The molecular formula is C23H22N4O7S. The summed E-state index contributed by atoms with van der Waals surface area (Å²) in [5.74, 6) is 0.908. The molecule has 12 heteroatoms. The standard InChI is InChI=1S/C23H22N4O7S/c1-31-18-5-4-16(33-17-10-15(28)11-17)12-21(18)35(29,30)26-23-22-19(32-2)8-14(9-20(22)34-25-23)13-27-7-3-6-24-27/h3-9,12,17H,10-11,13H2,1-2H3,(H,25,26). The van der Waals surface area contributed by atoms with E-state index in [1.54, 1.807) is 29.1 Å². The number of anilines is 1. The lowest BCUT2D eigenvalue weighted by molar-refractivity contribution is -0.129.